The Morgan fingerprint density at radius 3 is 2.63 bits per heavy atom. The van der Waals surface area contributed by atoms with Crippen LogP contribution in [0, 0.1) is 0 Å². The summed E-state index contributed by atoms with van der Waals surface area (Å²) in [7, 11) is 0. The van der Waals surface area contributed by atoms with Crippen molar-refractivity contribution in [3.05, 3.63) is 46.3 Å². The summed E-state index contributed by atoms with van der Waals surface area (Å²) in [4.78, 5) is 15.4. The van der Waals surface area contributed by atoms with E-state index < -0.39 is 0 Å². The summed E-state index contributed by atoms with van der Waals surface area (Å²) in [6.07, 6.45) is 2.19. The second-order valence-corrected chi connectivity index (χ2v) is 6.03. The lowest BCUT2D eigenvalue weighted by atomic mass is 10.1. The number of carbonyl (C=O) groups excluding carboxylic acids is 1. The highest BCUT2D eigenvalue weighted by molar-refractivity contribution is 7.13. The average molecular weight is 292 g/mol. The molecule has 1 aromatic heterocycles. The first-order chi connectivity index (χ1) is 9.25. The van der Waals surface area contributed by atoms with Gasteiger partial charge in [-0.15, -0.1) is 11.3 Å². The maximum Gasteiger partial charge on any atom is 0.255 e. The van der Waals surface area contributed by atoms with Crippen LogP contribution in [0.3, 0.4) is 0 Å². The van der Waals surface area contributed by atoms with Gasteiger partial charge in [-0.2, -0.15) is 0 Å². The topological polar surface area (TPSA) is 20.3 Å². The van der Waals surface area contributed by atoms with Crippen molar-refractivity contribution >= 4 is 28.8 Å². The normalized spacial score (nSPS) is 14.9. The lowest BCUT2D eigenvalue weighted by Crippen LogP contribution is -2.27. The van der Waals surface area contributed by atoms with Gasteiger partial charge in [-0.05, 0) is 42.0 Å². The highest BCUT2D eigenvalue weighted by atomic mass is 35.5. The fourth-order valence-corrected chi connectivity index (χ4v) is 3.36. The van der Waals surface area contributed by atoms with Gasteiger partial charge in [0.2, 0.25) is 0 Å². The molecule has 0 unspecified atom stereocenters. The number of benzene rings is 1. The number of amides is 1. The van der Waals surface area contributed by atoms with Crippen molar-refractivity contribution in [1.29, 1.82) is 0 Å². The maximum atomic E-state index is 12.3. The molecule has 1 aliphatic rings. The first kappa shape index (κ1) is 12.7. The van der Waals surface area contributed by atoms with Crippen LogP contribution in [0.5, 0.6) is 0 Å². The van der Waals surface area contributed by atoms with Crippen LogP contribution < -0.4 is 0 Å². The molecule has 3 rings (SSSR count). The van der Waals surface area contributed by atoms with Crippen LogP contribution in [-0.4, -0.2) is 23.9 Å². The molecule has 0 aliphatic carbocycles. The Balaban J connectivity index is 1.89. The molecule has 2 aromatic rings. The lowest BCUT2D eigenvalue weighted by Gasteiger charge is -2.16. The van der Waals surface area contributed by atoms with E-state index in [1.165, 1.54) is 4.88 Å². The van der Waals surface area contributed by atoms with Gasteiger partial charge >= 0.3 is 0 Å². The van der Waals surface area contributed by atoms with Crippen LogP contribution in [0.15, 0.2) is 35.7 Å². The van der Waals surface area contributed by atoms with Crippen molar-refractivity contribution < 1.29 is 4.79 Å². The second-order valence-electron chi connectivity index (χ2n) is 4.67. The zero-order valence-electron chi connectivity index (χ0n) is 10.4. The molecule has 4 heteroatoms. The molecule has 19 heavy (non-hydrogen) atoms. The summed E-state index contributed by atoms with van der Waals surface area (Å²) in [5.41, 5.74) is 1.68. The fourth-order valence-electron chi connectivity index (χ4n) is 2.38. The van der Waals surface area contributed by atoms with Crippen molar-refractivity contribution in [1.82, 2.24) is 4.90 Å². The zero-order valence-corrected chi connectivity index (χ0v) is 12.0. The van der Waals surface area contributed by atoms with E-state index in [1.807, 2.05) is 34.5 Å². The van der Waals surface area contributed by atoms with E-state index in [0.717, 1.165) is 31.5 Å². The molecule has 2 nitrogen and oxygen atoms in total. The van der Waals surface area contributed by atoms with E-state index in [0.29, 0.717) is 10.6 Å². The molecule has 98 valence electrons. The van der Waals surface area contributed by atoms with Crippen molar-refractivity contribution in [3.8, 4) is 10.4 Å². The number of carbonyl (C=O) groups is 1. The Morgan fingerprint density at radius 1 is 1.21 bits per heavy atom. The minimum absolute atomic E-state index is 0.0558. The van der Waals surface area contributed by atoms with Crippen LogP contribution in [0.4, 0.5) is 0 Å². The number of hydrogen-bond donors (Lipinski definition) is 0. The van der Waals surface area contributed by atoms with Crippen LogP contribution >= 0.6 is 22.9 Å². The van der Waals surface area contributed by atoms with Crippen molar-refractivity contribution in [3.63, 3.8) is 0 Å². The monoisotopic (exact) mass is 291 g/mol. The largest absolute Gasteiger partial charge is 0.339 e. The van der Waals surface area contributed by atoms with Crippen molar-refractivity contribution in [2.75, 3.05) is 13.1 Å². The zero-order chi connectivity index (χ0) is 13.2. The smallest absolute Gasteiger partial charge is 0.255 e. The van der Waals surface area contributed by atoms with Gasteiger partial charge in [0.05, 0.1) is 10.6 Å². The molecule has 1 saturated heterocycles. The second kappa shape index (κ2) is 5.35. The third-order valence-electron chi connectivity index (χ3n) is 3.40. The molecule has 0 N–H and O–H groups in total. The quantitative estimate of drug-likeness (QED) is 0.807. The van der Waals surface area contributed by atoms with Gasteiger partial charge in [-0.1, -0.05) is 23.7 Å². The van der Waals surface area contributed by atoms with Gasteiger partial charge < -0.3 is 4.90 Å². The molecule has 0 atom stereocenters. The van der Waals surface area contributed by atoms with Gasteiger partial charge in [-0.25, -0.2) is 0 Å². The third-order valence-corrected chi connectivity index (χ3v) is 4.63. The summed E-state index contributed by atoms with van der Waals surface area (Å²) in [5, 5.41) is 2.58. The van der Waals surface area contributed by atoms with E-state index in [-0.39, 0.29) is 5.91 Å². The maximum absolute atomic E-state index is 12.3. The van der Waals surface area contributed by atoms with Crippen LogP contribution in [0.1, 0.15) is 23.2 Å². The lowest BCUT2D eigenvalue weighted by molar-refractivity contribution is 0.0793. The fraction of sp³-hybridized carbons (Fsp3) is 0.267. The molecule has 2 heterocycles. The number of hydrogen-bond acceptors (Lipinski definition) is 2. The van der Waals surface area contributed by atoms with E-state index in [4.69, 9.17) is 11.6 Å². The molecule has 1 amide bonds. The Bertz CT molecular complexity index is 588. The number of thiophene rings is 1. The third kappa shape index (κ3) is 2.53. The summed E-state index contributed by atoms with van der Waals surface area (Å²) in [6, 6.07) is 9.77. The van der Waals surface area contributed by atoms with E-state index >= 15 is 0 Å². The number of nitrogens with zero attached hydrogens (tertiary/aromatic N) is 1. The predicted molar refractivity (Wildman–Crippen MR) is 79.9 cm³/mol. The van der Waals surface area contributed by atoms with Gasteiger partial charge in [0.25, 0.3) is 5.91 Å². The summed E-state index contributed by atoms with van der Waals surface area (Å²) in [6.45, 7) is 1.70. The standard InChI is InChI=1S/C15H14ClNOS/c16-13-10-11(14-4-3-9-19-14)5-6-12(13)15(18)17-7-1-2-8-17/h3-6,9-10H,1-2,7-8H2. The number of likely N-dealkylation sites (tertiary alicyclic amines) is 1. The van der Waals surface area contributed by atoms with E-state index in [2.05, 4.69) is 6.07 Å². The summed E-state index contributed by atoms with van der Waals surface area (Å²) >= 11 is 7.95. The first-order valence-corrected chi connectivity index (χ1v) is 7.64. The van der Waals surface area contributed by atoms with Gasteiger partial charge in [0.1, 0.15) is 0 Å². The first-order valence-electron chi connectivity index (χ1n) is 6.38. The molecule has 1 aliphatic heterocycles. The molecular formula is C15H14ClNOS. The van der Waals surface area contributed by atoms with Gasteiger partial charge in [-0.3, -0.25) is 4.79 Å². The SMILES string of the molecule is O=C(c1ccc(-c2cccs2)cc1Cl)N1CCCC1. The van der Waals surface area contributed by atoms with Crippen LogP contribution in [-0.2, 0) is 0 Å². The number of rotatable bonds is 2. The van der Waals surface area contributed by atoms with E-state index in [9.17, 15) is 4.79 Å². The predicted octanol–water partition coefficient (Wildman–Crippen LogP) is 4.30. The molecular weight excluding hydrogens is 278 g/mol. The molecule has 1 fully saturated rings. The molecule has 0 spiro atoms. The molecule has 0 bridgehead atoms. The van der Waals surface area contributed by atoms with E-state index in [1.54, 1.807) is 11.3 Å². The van der Waals surface area contributed by atoms with Crippen LogP contribution in [0.2, 0.25) is 5.02 Å². The minimum Gasteiger partial charge on any atom is -0.339 e. The molecule has 0 radical (unpaired) electrons. The highest BCUT2D eigenvalue weighted by Gasteiger charge is 2.21. The average Bonchev–Trinajstić information content (AvgIpc) is 3.11. The molecule has 1 aromatic carbocycles. The van der Waals surface area contributed by atoms with Crippen LogP contribution in [0.25, 0.3) is 10.4 Å². The Hall–Kier alpha value is -1.32. The highest BCUT2D eigenvalue weighted by Crippen LogP contribution is 2.29. The van der Waals surface area contributed by atoms with Gasteiger partial charge in [0, 0.05) is 18.0 Å². The summed E-state index contributed by atoms with van der Waals surface area (Å²) in [5.74, 6) is 0.0558. The Morgan fingerprint density at radius 2 is 2.00 bits per heavy atom. The molecule has 0 saturated carbocycles. The number of halogens is 1. The van der Waals surface area contributed by atoms with Crippen molar-refractivity contribution in [2.24, 2.45) is 0 Å². The summed E-state index contributed by atoms with van der Waals surface area (Å²) < 4.78 is 0. The Kier molecular flexibility index (Phi) is 3.58. The minimum atomic E-state index is 0.0558. The Labute approximate surface area is 121 Å². The van der Waals surface area contributed by atoms with Gasteiger partial charge in [0.15, 0.2) is 0 Å². The van der Waals surface area contributed by atoms with Crippen molar-refractivity contribution in [2.45, 2.75) is 12.8 Å².